The molecule has 0 fully saturated rings. The van der Waals surface area contributed by atoms with Gasteiger partial charge in [0.1, 0.15) is 17.1 Å². The molecular formula is C29H36ClN3O4. The molecule has 1 aliphatic heterocycles. The minimum absolute atomic E-state index is 0.0708. The van der Waals surface area contributed by atoms with Gasteiger partial charge in [-0.25, -0.2) is 0 Å². The zero-order valence-electron chi connectivity index (χ0n) is 22.1. The van der Waals surface area contributed by atoms with Crippen molar-refractivity contribution in [3.63, 3.8) is 0 Å². The van der Waals surface area contributed by atoms with Crippen molar-refractivity contribution in [2.75, 3.05) is 19.8 Å². The number of fused-ring (bicyclic) bond motifs is 1. The Labute approximate surface area is 223 Å². The molecule has 4 rings (SSSR count). The van der Waals surface area contributed by atoms with Gasteiger partial charge in [-0.2, -0.15) is 5.10 Å². The van der Waals surface area contributed by atoms with Crippen LogP contribution < -0.4 is 9.47 Å². The lowest BCUT2D eigenvalue weighted by atomic mass is 9.95. The standard InChI is InChI=1S/C29H36ClN3O4/c1-5-8-10-13-33-28(19-11-12-23(37-14-9-6-2)24(16-19)36-7-3)25-26(31-32-27(25)29(33)35)20-17-21(30)18(4)15-22(20)34/h11-12,15-17,28,34H,5-10,13-14H2,1-4H3,(H,31,32). The van der Waals surface area contributed by atoms with Crippen LogP contribution in [0.5, 0.6) is 17.2 Å². The average molecular weight is 526 g/mol. The number of hydrogen-bond donors (Lipinski definition) is 2. The van der Waals surface area contributed by atoms with E-state index in [1.54, 1.807) is 12.1 Å². The lowest BCUT2D eigenvalue weighted by Gasteiger charge is -2.27. The van der Waals surface area contributed by atoms with Gasteiger partial charge in [-0.1, -0.05) is 50.8 Å². The number of halogens is 1. The number of aromatic hydroxyl groups is 1. The number of rotatable bonds is 12. The maximum Gasteiger partial charge on any atom is 0.273 e. The predicted molar refractivity (Wildman–Crippen MR) is 146 cm³/mol. The number of carbonyl (C=O) groups is 1. The van der Waals surface area contributed by atoms with Crippen molar-refractivity contribution in [3.8, 4) is 28.5 Å². The van der Waals surface area contributed by atoms with Gasteiger partial charge in [0, 0.05) is 22.7 Å². The monoisotopic (exact) mass is 525 g/mol. The van der Waals surface area contributed by atoms with E-state index in [-0.39, 0.29) is 11.7 Å². The Hall–Kier alpha value is -3.19. The number of ether oxygens (including phenoxy) is 2. The molecule has 7 nitrogen and oxygen atoms in total. The third-order valence-electron chi connectivity index (χ3n) is 6.74. The Balaban J connectivity index is 1.82. The van der Waals surface area contributed by atoms with E-state index in [1.165, 1.54) is 0 Å². The zero-order valence-corrected chi connectivity index (χ0v) is 22.8. The lowest BCUT2D eigenvalue weighted by molar-refractivity contribution is 0.0740. The number of unbranched alkanes of at least 4 members (excludes halogenated alkanes) is 3. The van der Waals surface area contributed by atoms with Crippen molar-refractivity contribution in [2.24, 2.45) is 0 Å². The number of carbonyl (C=O) groups excluding carboxylic acids is 1. The number of aryl methyl sites for hydroxylation is 1. The predicted octanol–water partition coefficient (Wildman–Crippen LogP) is 7.06. The van der Waals surface area contributed by atoms with Gasteiger partial charge in [-0.15, -0.1) is 0 Å². The van der Waals surface area contributed by atoms with Crippen LogP contribution >= 0.6 is 11.6 Å². The van der Waals surface area contributed by atoms with Crippen LogP contribution in [0.2, 0.25) is 5.02 Å². The van der Waals surface area contributed by atoms with Gasteiger partial charge in [0.2, 0.25) is 0 Å². The maximum absolute atomic E-state index is 13.6. The zero-order chi connectivity index (χ0) is 26.5. The first kappa shape index (κ1) is 26.9. The van der Waals surface area contributed by atoms with Crippen LogP contribution in [-0.4, -0.2) is 45.9 Å². The summed E-state index contributed by atoms with van der Waals surface area (Å²) >= 11 is 6.42. The van der Waals surface area contributed by atoms with E-state index >= 15 is 0 Å². The smallest absolute Gasteiger partial charge is 0.273 e. The first-order valence-electron chi connectivity index (χ1n) is 13.2. The summed E-state index contributed by atoms with van der Waals surface area (Å²) in [7, 11) is 0. The highest BCUT2D eigenvalue weighted by Crippen LogP contribution is 2.46. The molecule has 0 radical (unpaired) electrons. The van der Waals surface area contributed by atoms with Crippen LogP contribution in [0.4, 0.5) is 0 Å². The molecule has 2 aromatic carbocycles. The minimum atomic E-state index is -0.392. The summed E-state index contributed by atoms with van der Waals surface area (Å²) < 4.78 is 11.9. The molecule has 0 bridgehead atoms. The number of amides is 1. The van der Waals surface area contributed by atoms with Crippen molar-refractivity contribution < 1.29 is 19.4 Å². The molecule has 0 spiro atoms. The van der Waals surface area contributed by atoms with E-state index in [2.05, 4.69) is 24.0 Å². The number of phenolic OH excluding ortho intramolecular Hbond substituents is 1. The fourth-order valence-corrected chi connectivity index (χ4v) is 4.94. The Bertz CT molecular complexity index is 1260. The minimum Gasteiger partial charge on any atom is -0.507 e. The second-order valence-electron chi connectivity index (χ2n) is 9.43. The number of nitrogens with one attached hydrogen (secondary N) is 1. The largest absolute Gasteiger partial charge is 0.507 e. The highest BCUT2D eigenvalue weighted by Gasteiger charge is 2.42. The van der Waals surface area contributed by atoms with Crippen LogP contribution in [0.25, 0.3) is 11.3 Å². The van der Waals surface area contributed by atoms with Crippen LogP contribution in [-0.2, 0) is 0 Å². The molecule has 1 amide bonds. The van der Waals surface area contributed by atoms with Crippen molar-refractivity contribution in [3.05, 3.63) is 57.7 Å². The van der Waals surface area contributed by atoms with E-state index in [0.717, 1.165) is 48.8 Å². The molecule has 1 aliphatic rings. The second-order valence-corrected chi connectivity index (χ2v) is 9.84. The van der Waals surface area contributed by atoms with Gasteiger partial charge in [-0.05, 0) is 62.1 Å². The summed E-state index contributed by atoms with van der Waals surface area (Å²) in [5.74, 6) is 1.31. The average Bonchev–Trinajstić information content (AvgIpc) is 3.42. The number of H-pyrrole nitrogens is 1. The van der Waals surface area contributed by atoms with E-state index in [0.29, 0.717) is 53.2 Å². The van der Waals surface area contributed by atoms with Crippen molar-refractivity contribution in [1.82, 2.24) is 15.1 Å². The number of aromatic nitrogens is 2. The summed E-state index contributed by atoms with van der Waals surface area (Å²) in [5.41, 5.74) is 3.85. The molecule has 1 unspecified atom stereocenters. The Morgan fingerprint density at radius 3 is 2.57 bits per heavy atom. The number of nitrogens with zero attached hydrogens (tertiary/aromatic N) is 2. The first-order valence-corrected chi connectivity index (χ1v) is 13.6. The molecule has 1 aromatic heterocycles. The molecule has 2 N–H and O–H groups in total. The third-order valence-corrected chi connectivity index (χ3v) is 7.14. The third kappa shape index (κ3) is 5.42. The number of phenols is 1. The van der Waals surface area contributed by atoms with Gasteiger partial charge in [0.15, 0.2) is 11.5 Å². The van der Waals surface area contributed by atoms with E-state index < -0.39 is 6.04 Å². The first-order chi connectivity index (χ1) is 17.9. The molecule has 3 aromatic rings. The maximum atomic E-state index is 13.6. The topological polar surface area (TPSA) is 87.7 Å². The molecule has 0 saturated carbocycles. The molecule has 37 heavy (non-hydrogen) atoms. The van der Waals surface area contributed by atoms with Crippen LogP contribution in [0.15, 0.2) is 30.3 Å². The van der Waals surface area contributed by atoms with Gasteiger partial charge in [-0.3, -0.25) is 9.89 Å². The van der Waals surface area contributed by atoms with Gasteiger partial charge in [0.25, 0.3) is 5.91 Å². The van der Waals surface area contributed by atoms with Crippen molar-refractivity contribution in [1.29, 1.82) is 0 Å². The summed E-state index contributed by atoms with van der Waals surface area (Å²) in [4.78, 5) is 15.5. The number of benzene rings is 2. The van der Waals surface area contributed by atoms with E-state index in [4.69, 9.17) is 21.1 Å². The highest BCUT2D eigenvalue weighted by molar-refractivity contribution is 6.31. The Kier molecular flexibility index (Phi) is 8.64. The summed E-state index contributed by atoms with van der Waals surface area (Å²) in [5, 5.41) is 18.7. The summed E-state index contributed by atoms with van der Waals surface area (Å²) in [6.45, 7) is 9.76. The fraction of sp³-hybridized carbons (Fsp3) is 0.448. The summed E-state index contributed by atoms with van der Waals surface area (Å²) in [6, 6.07) is 8.81. The molecular weight excluding hydrogens is 490 g/mol. The number of aromatic amines is 1. The SMILES string of the molecule is CCCCCN1C(=O)c2[nH]nc(-c3cc(Cl)c(C)cc3O)c2C1c1ccc(OCCCC)c(OCC)c1. The molecule has 0 aliphatic carbocycles. The van der Waals surface area contributed by atoms with Crippen LogP contribution in [0.1, 0.15) is 86.1 Å². The highest BCUT2D eigenvalue weighted by atomic mass is 35.5. The van der Waals surface area contributed by atoms with Crippen LogP contribution in [0.3, 0.4) is 0 Å². The van der Waals surface area contributed by atoms with Crippen molar-refractivity contribution >= 4 is 17.5 Å². The molecule has 1 atom stereocenters. The van der Waals surface area contributed by atoms with E-state index in [9.17, 15) is 9.90 Å². The Morgan fingerprint density at radius 1 is 1.05 bits per heavy atom. The van der Waals surface area contributed by atoms with Gasteiger partial charge < -0.3 is 19.5 Å². The number of hydrogen-bond acceptors (Lipinski definition) is 5. The fourth-order valence-electron chi connectivity index (χ4n) is 4.78. The Morgan fingerprint density at radius 2 is 1.84 bits per heavy atom. The second kappa shape index (κ2) is 11.9. The molecule has 198 valence electrons. The molecule has 2 heterocycles. The van der Waals surface area contributed by atoms with Crippen molar-refractivity contribution in [2.45, 2.75) is 65.8 Å². The molecule has 8 heteroatoms. The lowest BCUT2D eigenvalue weighted by Crippen LogP contribution is -2.30. The molecule has 0 saturated heterocycles. The van der Waals surface area contributed by atoms with Gasteiger partial charge >= 0.3 is 0 Å². The van der Waals surface area contributed by atoms with Crippen LogP contribution in [0, 0.1) is 6.92 Å². The quantitative estimate of drug-likeness (QED) is 0.247. The van der Waals surface area contributed by atoms with Gasteiger partial charge in [0.05, 0.1) is 19.3 Å². The van der Waals surface area contributed by atoms with E-state index in [1.807, 2.05) is 36.9 Å². The normalized spacial score (nSPS) is 14.8. The summed E-state index contributed by atoms with van der Waals surface area (Å²) in [6.07, 6.45) is 4.97.